The summed E-state index contributed by atoms with van der Waals surface area (Å²) in [5.74, 6) is 0.955. The number of hydrogen-bond donors (Lipinski definition) is 1. The molecule has 1 N–H and O–H groups in total. The van der Waals surface area contributed by atoms with Crippen molar-refractivity contribution in [1.29, 1.82) is 0 Å². The second-order valence-electron chi connectivity index (χ2n) is 4.79. The minimum absolute atomic E-state index is 0.782. The van der Waals surface area contributed by atoms with Crippen molar-refractivity contribution in [3.05, 3.63) is 53.2 Å². The Bertz CT molecular complexity index is 525. The van der Waals surface area contributed by atoms with E-state index in [2.05, 4.69) is 57.7 Å². The first-order valence-electron chi connectivity index (χ1n) is 6.72. The van der Waals surface area contributed by atoms with Crippen LogP contribution >= 0.6 is 0 Å². The van der Waals surface area contributed by atoms with Crippen LogP contribution in [0.15, 0.2) is 36.4 Å². The van der Waals surface area contributed by atoms with Gasteiger partial charge in [0.1, 0.15) is 0 Å². The summed E-state index contributed by atoms with van der Waals surface area (Å²) in [5, 5.41) is 11.9. The predicted octanol–water partition coefficient (Wildman–Crippen LogP) is 2.11. The second-order valence-corrected chi connectivity index (χ2v) is 4.79. The Balaban J connectivity index is 1.71. The predicted molar refractivity (Wildman–Crippen MR) is 75.7 cm³/mol. The van der Waals surface area contributed by atoms with Crippen LogP contribution in [-0.2, 0) is 19.6 Å². The zero-order valence-electron chi connectivity index (χ0n) is 11.1. The Labute approximate surface area is 113 Å². The topological polar surface area (TPSA) is 41.0 Å². The van der Waals surface area contributed by atoms with Crippen LogP contribution in [0.2, 0.25) is 0 Å². The van der Waals surface area contributed by atoms with Gasteiger partial charge in [0.15, 0.2) is 5.82 Å². The lowest BCUT2D eigenvalue weighted by molar-refractivity contribution is 0.695. The van der Waals surface area contributed by atoms with Crippen molar-refractivity contribution in [3.63, 3.8) is 0 Å². The molecule has 1 aromatic heterocycles. The number of nitrogens with zero attached hydrogens (tertiary/aromatic N) is 3. The molecule has 0 amide bonds. The third-order valence-corrected chi connectivity index (χ3v) is 3.43. The van der Waals surface area contributed by atoms with Gasteiger partial charge in [-0.05, 0) is 29.8 Å². The molecule has 2 aromatic rings. The number of nitrogens with one attached hydrogen (secondary N) is 1. The van der Waals surface area contributed by atoms with Gasteiger partial charge in [-0.25, -0.2) is 0 Å². The highest BCUT2D eigenvalue weighted by Crippen LogP contribution is 2.26. The summed E-state index contributed by atoms with van der Waals surface area (Å²) in [4.78, 5) is 2.26. The van der Waals surface area contributed by atoms with Crippen LogP contribution in [-0.4, -0.2) is 16.7 Å². The molecule has 3 rings (SSSR count). The molecule has 0 saturated carbocycles. The number of hydrogen-bond acceptors (Lipinski definition) is 4. The van der Waals surface area contributed by atoms with Gasteiger partial charge in [-0.3, -0.25) is 0 Å². The van der Waals surface area contributed by atoms with Crippen LogP contribution in [0.4, 0.5) is 5.82 Å². The monoisotopic (exact) mass is 254 g/mol. The van der Waals surface area contributed by atoms with Gasteiger partial charge in [0.2, 0.25) is 0 Å². The Kier molecular flexibility index (Phi) is 3.42. The molecular formula is C15H18N4. The quantitative estimate of drug-likeness (QED) is 0.907. The summed E-state index contributed by atoms with van der Waals surface area (Å²) in [6.45, 7) is 5.67. The number of fused-ring (bicyclic) bond motifs is 1. The van der Waals surface area contributed by atoms with E-state index < -0.39 is 0 Å². The molecule has 0 aliphatic carbocycles. The zero-order chi connectivity index (χ0) is 13.1. The van der Waals surface area contributed by atoms with Gasteiger partial charge in [0.25, 0.3) is 0 Å². The Hall–Kier alpha value is -1.94. The van der Waals surface area contributed by atoms with Gasteiger partial charge in [-0.1, -0.05) is 31.2 Å². The van der Waals surface area contributed by atoms with Crippen LogP contribution in [0.1, 0.15) is 23.7 Å². The van der Waals surface area contributed by atoms with Gasteiger partial charge < -0.3 is 10.2 Å². The van der Waals surface area contributed by atoms with Crippen molar-refractivity contribution in [2.75, 3.05) is 11.4 Å². The van der Waals surface area contributed by atoms with Gasteiger partial charge in [-0.2, -0.15) is 5.10 Å². The summed E-state index contributed by atoms with van der Waals surface area (Å²) >= 11 is 0. The molecule has 4 nitrogen and oxygen atoms in total. The molecule has 0 saturated heterocycles. The van der Waals surface area contributed by atoms with E-state index in [4.69, 9.17) is 0 Å². The lowest BCUT2D eigenvalue weighted by Gasteiger charge is -2.15. The van der Waals surface area contributed by atoms with Crippen molar-refractivity contribution >= 4 is 5.82 Å². The smallest absolute Gasteiger partial charge is 0.151 e. The highest BCUT2D eigenvalue weighted by atomic mass is 15.3. The first-order chi connectivity index (χ1) is 9.36. The lowest BCUT2D eigenvalue weighted by Crippen LogP contribution is -2.18. The Morgan fingerprint density at radius 2 is 1.79 bits per heavy atom. The SMILES string of the molecule is CCNCc1ccc(N2Cc3ccccc3C2)nn1. The fraction of sp³-hybridized carbons (Fsp3) is 0.333. The maximum atomic E-state index is 4.33. The Morgan fingerprint density at radius 1 is 1.05 bits per heavy atom. The minimum Gasteiger partial charge on any atom is -0.346 e. The van der Waals surface area contributed by atoms with Gasteiger partial charge in [0.05, 0.1) is 5.69 Å². The molecule has 0 spiro atoms. The number of benzene rings is 1. The molecular weight excluding hydrogens is 236 g/mol. The molecule has 1 aliphatic heterocycles. The number of aromatic nitrogens is 2. The first-order valence-corrected chi connectivity index (χ1v) is 6.72. The lowest BCUT2D eigenvalue weighted by atomic mass is 10.1. The number of anilines is 1. The van der Waals surface area contributed by atoms with E-state index >= 15 is 0 Å². The molecule has 4 heteroatoms. The van der Waals surface area contributed by atoms with Crippen molar-refractivity contribution < 1.29 is 0 Å². The molecule has 19 heavy (non-hydrogen) atoms. The van der Waals surface area contributed by atoms with E-state index in [1.54, 1.807) is 0 Å². The Morgan fingerprint density at radius 3 is 2.37 bits per heavy atom. The van der Waals surface area contributed by atoms with Crippen LogP contribution in [0.3, 0.4) is 0 Å². The molecule has 0 radical (unpaired) electrons. The summed E-state index contributed by atoms with van der Waals surface area (Å²) in [6.07, 6.45) is 0. The van der Waals surface area contributed by atoms with E-state index in [0.717, 1.165) is 37.7 Å². The van der Waals surface area contributed by atoms with E-state index in [-0.39, 0.29) is 0 Å². The van der Waals surface area contributed by atoms with E-state index in [1.165, 1.54) is 11.1 Å². The van der Waals surface area contributed by atoms with Gasteiger partial charge in [-0.15, -0.1) is 5.10 Å². The van der Waals surface area contributed by atoms with Crippen LogP contribution in [0.25, 0.3) is 0 Å². The summed E-state index contributed by atoms with van der Waals surface area (Å²) in [6, 6.07) is 12.7. The average molecular weight is 254 g/mol. The molecule has 1 aromatic carbocycles. The summed E-state index contributed by atoms with van der Waals surface area (Å²) < 4.78 is 0. The fourth-order valence-corrected chi connectivity index (χ4v) is 2.36. The minimum atomic E-state index is 0.782. The van der Waals surface area contributed by atoms with Crippen molar-refractivity contribution in [2.45, 2.75) is 26.6 Å². The van der Waals surface area contributed by atoms with Gasteiger partial charge >= 0.3 is 0 Å². The first kappa shape index (κ1) is 12.1. The molecule has 2 heterocycles. The fourth-order valence-electron chi connectivity index (χ4n) is 2.36. The van der Waals surface area contributed by atoms with Crippen LogP contribution in [0.5, 0.6) is 0 Å². The van der Waals surface area contributed by atoms with Crippen LogP contribution < -0.4 is 10.2 Å². The average Bonchev–Trinajstić information content (AvgIpc) is 2.89. The van der Waals surface area contributed by atoms with Crippen molar-refractivity contribution in [2.24, 2.45) is 0 Å². The molecule has 98 valence electrons. The highest BCUT2D eigenvalue weighted by molar-refractivity contribution is 5.46. The maximum Gasteiger partial charge on any atom is 0.151 e. The largest absolute Gasteiger partial charge is 0.346 e. The molecule has 0 fully saturated rings. The van der Waals surface area contributed by atoms with E-state index in [0.29, 0.717) is 0 Å². The standard InChI is InChI=1S/C15H18N4/c1-2-16-9-14-7-8-15(18-17-14)19-10-12-5-3-4-6-13(12)11-19/h3-8,16H,2,9-11H2,1H3. The maximum absolute atomic E-state index is 4.33. The third-order valence-electron chi connectivity index (χ3n) is 3.43. The van der Waals surface area contributed by atoms with Crippen molar-refractivity contribution in [1.82, 2.24) is 15.5 Å². The second kappa shape index (κ2) is 5.36. The molecule has 0 bridgehead atoms. The highest BCUT2D eigenvalue weighted by Gasteiger charge is 2.19. The molecule has 0 atom stereocenters. The molecule has 1 aliphatic rings. The summed E-state index contributed by atoms with van der Waals surface area (Å²) in [5.41, 5.74) is 3.77. The number of rotatable bonds is 4. The van der Waals surface area contributed by atoms with E-state index in [9.17, 15) is 0 Å². The van der Waals surface area contributed by atoms with Gasteiger partial charge in [0, 0.05) is 19.6 Å². The third kappa shape index (κ3) is 2.58. The van der Waals surface area contributed by atoms with Crippen molar-refractivity contribution in [3.8, 4) is 0 Å². The normalized spacial score (nSPS) is 13.6. The molecule has 0 unspecified atom stereocenters. The van der Waals surface area contributed by atoms with Crippen LogP contribution in [0, 0.1) is 0 Å². The zero-order valence-corrected chi connectivity index (χ0v) is 11.1. The summed E-state index contributed by atoms with van der Waals surface area (Å²) in [7, 11) is 0. The van der Waals surface area contributed by atoms with E-state index in [1.807, 2.05) is 6.07 Å².